The van der Waals surface area contributed by atoms with Gasteiger partial charge in [-0.2, -0.15) is 4.98 Å². The van der Waals surface area contributed by atoms with Crippen LogP contribution in [0.4, 0.5) is 0 Å². The molecule has 3 aromatic rings. The fourth-order valence-corrected chi connectivity index (χ4v) is 3.90. The Bertz CT molecular complexity index is 1080. The first-order valence-electron chi connectivity index (χ1n) is 9.82. The van der Waals surface area contributed by atoms with Gasteiger partial charge in [-0.3, -0.25) is 4.79 Å². The molecule has 2 aliphatic rings. The first-order valence-corrected chi connectivity index (χ1v) is 9.82. The van der Waals surface area contributed by atoms with Gasteiger partial charge in [0.2, 0.25) is 5.89 Å². The van der Waals surface area contributed by atoms with E-state index in [1.807, 2.05) is 12.1 Å². The van der Waals surface area contributed by atoms with Crippen molar-refractivity contribution < 1.29 is 13.7 Å². The normalized spacial score (nSPS) is 19.9. The van der Waals surface area contributed by atoms with E-state index in [0.29, 0.717) is 36.9 Å². The zero-order chi connectivity index (χ0) is 19.1. The number of rotatable bonds is 4. The lowest BCUT2D eigenvalue weighted by Crippen LogP contribution is -2.42. The van der Waals surface area contributed by atoms with Crippen molar-refractivity contribution in [2.45, 2.75) is 38.0 Å². The Labute approximate surface area is 161 Å². The molecule has 1 saturated carbocycles. The molecule has 7 nitrogen and oxygen atoms in total. The van der Waals surface area contributed by atoms with Crippen LogP contribution in [0.5, 0.6) is 0 Å². The third-order valence-electron chi connectivity index (χ3n) is 5.57. The summed E-state index contributed by atoms with van der Waals surface area (Å²) >= 11 is 0. The van der Waals surface area contributed by atoms with Gasteiger partial charge in [0.25, 0.3) is 5.91 Å². The van der Waals surface area contributed by atoms with Crippen LogP contribution in [0.1, 0.15) is 53.7 Å². The lowest BCUT2D eigenvalue weighted by atomic mass is 9.94. The highest BCUT2D eigenvalue weighted by molar-refractivity contribution is 5.96. The third-order valence-corrected chi connectivity index (χ3v) is 5.57. The van der Waals surface area contributed by atoms with Crippen molar-refractivity contribution in [3.8, 4) is 0 Å². The van der Waals surface area contributed by atoms with E-state index in [1.54, 1.807) is 23.1 Å². The molecule has 5 rings (SSSR count). The van der Waals surface area contributed by atoms with Crippen molar-refractivity contribution >= 4 is 16.9 Å². The average molecular weight is 379 g/mol. The van der Waals surface area contributed by atoms with Gasteiger partial charge in [0, 0.05) is 30.8 Å². The molecule has 3 heterocycles. The fourth-order valence-electron chi connectivity index (χ4n) is 3.90. The van der Waals surface area contributed by atoms with Crippen LogP contribution < -0.4 is 5.63 Å². The second-order valence-corrected chi connectivity index (χ2v) is 7.77. The fraction of sp³-hybridized carbons (Fsp3) is 0.429. The van der Waals surface area contributed by atoms with Crippen molar-refractivity contribution in [1.82, 2.24) is 15.0 Å². The number of carbonyl (C=O) groups excluding carboxylic acids is 1. The van der Waals surface area contributed by atoms with Gasteiger partial charge in [-0.25, -0.2) is 4.79 Å². The number of likely N-dealkylation sites (tertiary alicyclic amines) is 1. The molecule has 1 atom stereocenters. The molecule has 0 N–H and O–H groups in total. The predicted octanol–water partition coefficient (Wildman–Crippen LogP) is 3.15. The lowest BCUT2D eigenvalue weighted by molar-refractivity contribution is 0.0664. The molecule has 1 amide bonds. The number of para-hydroxylation sites is 1. The summed E-state index contributed by atoms with van der Waals surface area (Å²) in [6.45, 7) is 1.21. The molecule has 7 heteroatoms. The van der Waals surface area contributed by atoms with Crippen molar-refractivity contribution in [2.24, 2.45) is 5.92 Å². The van der Waals surface area contributed by atoms with Crippen LogP contribution in [0.2, 0.25) is 0 Å². The predicted molar refractivity (Wildman–Crippen MR) is 101 cm³/mol. The first kappa shape index (κ1) is 17.2. The number of hydrogen-bond donors (Lipinski definition) is 0. The Balaban J connectivity index is 1.32. The molecule has 1 saturated heterocycles. The minimum absolute atomic E-state index is 0.0909. The Hall–Kier alpha value is -2.96. The average Bonchev–Trinajstić information content (AvgIpc) is 3.46. The Morgan fingerprint density at radius 1 is 1.21 bits per heavy atom. The number of nitrogens with zero attached hydrogens (tertiary/aromatic N) is 3. The summed E-state index contributed by atoms with van der Waals surface area (Å²) in [6, 6.07) is 8.85. The second kappa shape index (κ2) is 6.89. The zero-order valence-electron chi connectivity index (χ0n) is 15.5. The van der Waals surface area contributed by atoms with Gasteiger partial charge in [-0.1, -0.05) is 23.4 Å². The number of piperidine rings is 1. The molecule has 0 bridgehead atoms. The number of hydrogen-bond acceptors (Lipinski definition) is 6. The van der Waals surface area contributed by atoms with Gasteiger partial charge < -0.3 is 13.8 Å². The molecule has 1 aliphatic heterocycles. The summed E-state index contributed by atoms with van der Waals surface area (Å²) in [5, 5.41) is 4.81. The third kappa shape index (κ3) is 3.32. The van der Waals surface area contributed by atoms with Crippen molar-refractivity contribution in [3.05, 3.63) is 58.0 Å². The van der Waals surface area contributed by atoms with Crippen LogP contribution >= 0.6 is 0 Å². The summed E-state index contributed by atoms with van der Waals surface area (Å²) < 4.78 is 10.7. The molecule has 1 aromatic carbocycles. The number of amides is 1. The van der Waals surface area contributed by atoms with Gasteiger partial charge in [0.1, 0.15) is 11.1 Å². The number of fused-ring (bicyclic) bond motifs is 1. The quantitative estimate of drug-likeness (QED) is 0.647. The molecule has 2 aromatic heterocycles. The molecule has 144 valence electrons. The van der Waals surface area contributed by atoms with Gasteiger partial charge in [0.15, 0.2) is 5.82 Å². The molecule has 0 spiro atoms. The highest BCUT2D eigenvalue weighted by Crippen LogP contribution is 2.38. The highest BCUT2D eigenvalue weighted by atomic mass is 16.5. The summed E-state index contributed by atoms with van der Waals surface area (Å²) in [4.78, 5) is 31.5. The van der Waals surface area contributed by atoms with E-state index in [0.717, 1.165) is 36.9 Å². The lowest BCUT2D eigenvalue weighted by Gasteiger charge is -2.32. The van der Waals surface area contributed by atoms with Crippen molar-refractivity contribution in [1.29, 1.82) is 0 Å². The minimum atomic E-state index is -0.586. The summed E-state index contributed by atoms with van der Waals surface area (Å²) in [5.74, 6) is 1.90. The SMILES string of the molecule is O=C(c1cc2ccccc2oc1=O)N1CCC[C@@H](Cc2nc(C3CC3)no2)C1. The van der Waals surface area contributed by atoms with Crippen LogP contribution in [0, 0.1) is 5.92 Å². The van der Waals surface area contributed by atoms with Gasteiger partial charge in [-0.15, -0.1) is 0 Å². The second-order valence-electron chi connectivity index (χ2n) is 7.77. The summed E-state index contributed by atoms with van der Waals surface area (Å²) in [6.07, 6.45) is 4.82. The minimum Gasteiger partial charge on any atom is -0.422 e. The molecular formula is C21H21N3O4. The van der Waals surface area contributed by atoms with Crippen LogP contribution in [0.25, 0.3) is 11.0 Å². The molecular weight excluding hydrogens is 358 g/mol. The number of benzene rings is 1. The van der Waals surface area contributed by atoms with E-state index >= 15 is 0 Å². The Morgan fingerprint density at radius 3 is 2.93 bits per heavy atom. The molecule has 28 heavy (non-hydrogen) atoms. The zero-order valence-corrected chi connectivity index (χ0v) is 15.5. The largest absolute Gasteiger partial charge is 0.422 e. The highest BCUT2D eigenvalue weighted by Gasteiger charge is 2.31. The maximum atomic E-state index is 13.0. The summed E-state index contributed by atoms with van der Waals surface area (Å²) in [5.41, 5.74) is -0.00612. The van der Waals surface area contributed by atoms with E-state index in [-0.39, 0.29) is 17.4 Å². The molecule has 2 fully saturated rings. The van der Waals surface area contributed by atoms with Crippen LogP contribution in [0.3, 0.4) is 0 Å². The maximum absolute atomic E-state index is 13.0. The number of aromatic nitrogens is 2. The maximum Gasteiger partial charge on any atom is 0.349 e. The monoisotopic (exact) mass is 379 g/mol. The first-order chi connectivity index (χ1) is 13.7. The molecule has 0 radical (unpaired) electrons. The Morgan fingerprint density at radius 2 is 2.07 bits per heavy atom. The van der Waals surface area contributed by atoms with Gasteiger partial charge >= 0.3 is 5.63 Å². The van der Waals surface area contributed by atoms with E-state index in [2.05, 4.69) is 10.1 Å². The van der Waals surface area contributed by atoms with E-state index < -0.39 is 5.63 Å². The van der Waals surface area contributed by atoms with Crippen LogP contribution in [-0.2, 0) is 6.42 Å². The van der Waals surface area contributed by atoms with Crippen LogP contribution in [0.15, 0.2) is 44.1 Å². The van der Waals surface area contributed by atoms with E-state index in [1.165, 1.54) is 0 Å². The van der Waals surface area contributed by atoms with E-state index in [9.17, 15) is 9.59 Å². The molecule has 1 aliphatic carbocycles. The standard InChI is InChI=1S/C21H21N3O4/c25-20(16-11-15-5-1-2-6-17(15)27-21(16)26)24-9-3-4-13(12-24)10-18-22-19(23-28-18)14-7-8-14/h1-2,5-6,11,13-14H,3-4,7-10,12H2/t13-/m0/s1. The van der Waals surface area contributed by atoms with Gasteiger partial charge in [-0.05, 0) is 43.7 Å². The summed E-state index contributed by atoms with van der Waals surface area (Å²) in [7, 11) is 0. The smallest absolute Gasteiger partial charge is 0.349 e. The topological polar surface area (TPSA) is 89.4 Å². The molecule has 0 unspecified atom stereocenters. The van der Waals surface area contributed by atoms with E-state index in [4.69, 9.17) is 8.94 Å². The number of carbonyl (C=O) groups is 1. The van der Waals surface area contributed by atoms with Crippen molar-refractivity contribution in [3.63, 3.8) is 0 Å². The van der Waals surface area contributed by atoms with Gasteiger partial charge in [0.05, 0.1) is 0 Å². The van der Waals surface area contributed by atoms with Crippen molar-refractivity contribution in [2.75, 3.05) is 13.1 Å². The van der Waals surface area contributed by atoms with Crippen LogP contribution in [-0.4, -0.2) is 34.0 Å². The Kier molecular flexibility index (Phi) is 4.22.